The fraction of sp³-hybridized carbons (Fsp3) is 0.219. The summed E-state index contributed by atoms with van der Waals surface area (Å²) in [6.07, 6.45) is 3.12. The van der Waals surface area contributed by atoms with Crippen LogP contribution in [0.5, 0.6) is 17.2 Å². The highest BCUT2D eigenvalue weighted by Gasteiger charge is 2.31. The first-order chi connectivity index (χ1) is 21.2. The average molecular weight is 718 g/mol. The Morgan fingerprint density at radius 2 is 1.68 bits per heavy atom. The Bertz CT molecular complexity index is 1900. The zero-order valence-corrected chi connectivity index (χ0v) is 27.8. The lowest BCUT2D eigenvalue weighted by molar-refractivity contribution is -0.136. The number of hydrogen-bond acceptors (Lipinski definition) is 8. The molecular weight excluding hydrogens is 691 g/mol. The van der Waals surface area contributed by atoms with E-state index in [9.17, 15) is 9.59 Å². The second kappa shape index (κ2) is 14.0. The van der Waals surface area contributed by atoms with Gasteiger partial charge in [0.25, 0.3) is 5.56 Å². The maximum atomic E-state index is 13.9. The molecule has 5 rings (SSSR count). The molecule has 1 aromatic heterocycles. The van der Waals surface area contributed by atoms with Crippen LogP contribution in [-0.4, -0.2) is 30.9 Å². The normalized spacial score (nSPS) is 14.4. The number of fused-ring (bicyclic) bond motifs is 1. The van der Waals surface area contributed by atoms with Crippen molar-refractivity contribution in [3.05, 3.63) is 117 Å². The molecule has 0 saturated carbocycles. The minimum absolute atomic E-state index is 0.205. The highest BCUT2D eigenvalue weighted by atomic mass is 79.9. The maximum absolute atomic E-state index is 13.9. The van der Waals surface area contributed by atoms with Gasteiger partial charge in [-0.15, -0.1) is 0 Å². The number of methoxy groups -OCH3 is 1. The Hall–Kier alpha value is -3.57. The van der Waals surface area contributed by atoms with Gasteiger partial charge in [0.15, 0.2) is 22.0 Å². The average Bonchev–Trinajstić information content (AvgIpc) is 3.32. The first-order valence-electron chi connectivity index (χ1n) is 13.6. The zero-order valence-electron chi connectivity index (χ0n) is 23.9. The number of rotatable bonds is 10. The van der Waals surface area contributed by atoms with Crippen LogP contribution < -0.4 is 29.1 Å². The number of ether oxygens (including phenoxy) is 4. The van der Waals surface area contributed by atoms with E-state index in [2.05, 4.69) is 20.9 Å². The molecule has 228 valence electrons. The number of aromatic nitrogens is 1. The predicted octanol–water partition coefficient (Wildman–Crippen LogP) is 6.46. The quantitative estimate of drug-likeness (QED) is 0.175. The number of esters is 1. The number of hydrogen-bond donors (Lipinski definition) is 0. The van der Waals surface area contributed by atoms with Crippen molar-refractivity contribution in [2.24, 2.45) is 4.99 Å². The summed E-state index contributed by atoms with van der Waals surface area (Å²) in [7, 11) is 1.29. The van der Waals surface area contributed by atoms with Crippen molar-refractivity contribution in [3.63, 3.8) is 0 Å². The minimum Gasteiger partial charge on any atom is -0.490 e. The van der Waals surface area contributed by atoms with Crippen LogP contribution in [0.15, 0.2) is 80.6 Å². The van der Waals surface area contributed by atoms with Crippen LogP contribution in [0.2, 0.25) is 10.0 Å². The zero-order chi connectivity index (χ0) is 31.4. The Kier molecular flexibility index (Phi) is 10.2. The van der Waals surface area contributed by atoms with Gasteiger partial charge in [0.1, 0.15) is 6.61 Å². The van der Waals surface area contributed by atoms with Gasteiger partial charge >= 0.3 is 5.97 Å². The SMILES string of the molecule is CCOc1ccc([C@@H]2C(C(=O)OC)=CN=c3s/c(=C\c4cc(Cl)c(OCc5ccc(Br)cc5)c(Cl)c4)c(=O)n32)cc1OCC. The van der Waals surface area contributed by atoms with Crippen molar-refractivity contribution in [3.8, 4) is 17.2 Å². The summed E-state index contributed by atoms with van der Waals surface area (Å²) in [5.74, 6) is 0.810. The number of carbonyl (C=O) groups is 1. The molecule has 0 unspecified atom stereocenters. The second-order valence-corrected chi connectivity index (χ2v) is 12.2. The van der Waals surface area contributed by atoms with E-state index >= 15 is 0 Å². The predicted molar refractivity (Wildman–Crippen MR) is 175 cm³/mol. The monoisotopic (exact) mass is 716 g/mol. The van der Waals surface area contributed by atoms with Crippen LogP contribution in [0, 0.1) is 0 Å². The molecule has 44 heavy (non-hydrogen) atoms. The Morgan fingerprint density at radius 3 is 2.34 bits per heavy atom. The van der Waals surface area contributed by atoms with Crippen LogP contribution >= 0.6 is 50.5 Å². The molecule has 0 radical (unpaired) electrons. The summed E-state index contributed by atoms with van der Waals surface area (Å²) in [6.45, 7) is 4.89. The topological polar surface area (TPSA) is 88.4 Å². The number of nitrogens with zero attached hydrogens (tertiary/aromatic N) is 2. The van der Waals surface area contributed by atoms with E-state index in [0.717, 1.165) is 10.0 Å². The number of thiazole rings is 1. The number of halogens is 3. The van der Waals surface area contributed by atoms with Gasteiger partial charge in [-0.25, -0.2) is 9.79 Å². The smallest absolute Gasteiger partial charge is 0.337 e. The highest BCUT2D eigenvalue weighted by molar-refractivity contribution is 9.10. The van der Waals surface area contributed by atoms with Gasteiger partial charge in [0.2, 0.25) is 0 Å². The molecule has 0 spiro atoms. The number of benzene rings is 3. The summed E-state index contributed by atoms with van der Waals surface area (Å²) in [6, 6.07) is 15.6. The Morgan fingerprint density at radius 1 is 1.00 bits per heavy atom. The molecule has 1 aliphatic heterocycles. The van der Waals surface area contributed by atoms with Gasteiger partial charge in [0.05, 0.1) is 46.5 Å². The molecule has 0 saturated heterocycles. The summed E-state index contributed by atoms with van der Waals surface area (Å²) >= 11 is 17.7. The largest absolute Gasteiger partial charge is 0.490 e. The van der Waals surface area contributed by atoms with Crippen LogP contribution in [0.1, 0.15) is 36.6 Å². The van der Waals surface area contributed by atoms with E-state index in [0.29, 0.717) is 61.0 Å². The van der Waals surface area contributed by atoms with Gasteiger partial charge in [0, 0.05) is 10.7 Å². The van der Waals surface area contributed by atoms with Crippen LogP contribution in [-0.2, 0) is 16.1 Å². The standard InChI is InChI=1S/C32H27BrCl2N2O6S/c1-4-41-25-11-8-20(15-26(25)42-5-2)28-22(31(39)40-3)16-36-32-37(28)30(38)27(44-32)14-19-12-23(34)29(24(35)13-19)43-17-18-6-9-21(33)10-7-18/h6-16,28H,4-5,17H2,1-3H3/b27-14-/t28-/m1/s1. The molecule has 2 heterocycles. The lowest BCUT2D eigenvalue weighted by atomic mass is 9.97. The minimum atomic E-state index is -0.808. The van der Waals surface area contributed by atoms with Gasteiger partial charge in [-0.1, -0.05) is 68.7 Å². The van der Waals surface area contributed by atoms with Crippen LogP contribution in [0.25, 0.3) is 6.08 Å². The Labute approximate surface area is 275 Å². The highest BCUT2D eigenvalue weighted by Crippen LogP contribution is 2.36. The molecule has 1 atom stereocenters. The van der Waals surface area contributed by atoms with E-state index < -0.39 is 12.0 Å². The van der Waals surface area contributed by atoms with Gasteiger partial charge in [-0.05, 0) is 73.0 Å². The molecule has 0 aliphatic carbocycles. The summed E-state index contributed by atoms with van der Waals surface area (Å²) < 4.78 is 25.3. The molecule has 1 aliphatic rings. The van der Waals surface area contributed by atoms with Crippen molar-refractivity contribution in [2.45, 2.75) is 26.5 Å². The van der Waals surface area contributed by atoms with Crippen molar-refractivity contribution >= 4 is 62.5 Å². The second-order valence-electron chi connectivity index (χ2n) is 9.48. The van der Waals surface area contributed by atoms with E-state index in [1.807, 2.05) is 38.1 Å². The van der Waals surface area contributed by atoms with Crippen molar-refractivity contribution in [1.82, 2.24) is 4.57 Å². The fourth-order valence-corrected chi connectivity index (χ4v) is 6.52. The van der Waals surface area contributed by atoms with E-state index in [-0.39, 0.29) is 17.7 Å². The molecule has 12 heteroatoms. The molecule has 0 amide bonds. The third-order valence-electron chi connectivity index (χ3n) is 6.62. The summed E-state index contributed by atoms with van der Waals surface area (Å²) in [5.41, 5.74) is 2.05. The van der Waals surface area contributed by atoms with E-state index in [4.69, 9.17) is 42.1 Å². The van der Waals surface area contributed by atoms with Gasteiger partial charge < -0.3 is 18.9 Å². The van der Waals surface area contributed by atoms with Crippen LogP contribution in [0.3, 0.4) is 0 Å². The lowest BCUT2D eigenvalue weighted by Gasteiger charge is -2.23. The lowest BCUT2D eigenvalue weighted by Crippen LogP contribution is -2.39. The summed E-state index contributed by atoms with van der Waals surface area (Å²) in [4.78, 5) is 31.6. The fourth-order valence-electron chi connectivity index (χ4n) is 4.68. The molecule has 0 bridgehead atoms. The Balaban J connectivity index is 1.54. The molecule has 3 aromatic carbocycles. The number of carbonyl (C=O) groups excluding carboxylic acids is 1. The molecule has 4 aromatic rings. The van der Waals surface area contributed by atoms with Crippen molar-refractivity contribution in [2.75, 3.05) is 20.3 Å². The first-order valence-corrected chi connectivity index (χ1v) is 16.0. The maximum Gasteiger partial charge on any atom is 0.337 e. The van der Waals surface area contributed by atoms with E-state index in [1.165, 1.54) is 29.2 Å². The molecule has 8 nitrogen and oxygen atoms in total. The van der Waals surface area contributed by atoms with Gasteiger partial charge in [-0.3, -0.25) is 9.36 Å². The van der Waals surface area contributed by atoms with Gasteiger partial charge in [-0.2, -0.15) is 0 Å². The molecule has 0 N–H and O–H groups in total. The van der Waals surface area contributed by atoms with E-state index in [1.54, 1.807) is 36.4 Å². The van der Waals surface area contributed by atoms with Crippen LogP contribution in [0.4, 0.5) is 0 Å². The van der Waals surface area contributed by atoms with Crippen molar-refractivity contribution in [1.29, 1.82) is 0 Å². The first kappa shape index (κ1) is 31.8. The molecular formula is C32H27BrCl2N2O6S. The van der Waals surface area contributed by atoms with Crippen molar-refractivity contribution < 1.29 is 23.7 Å². The third-order valence-corrected chi connectivity index (χ3v) is 8.71. The summed E-state index contributed by atoms with van der Waals surface area (Å²) in [5, 5.41) is 0.606. The molecule has 0 fully saturated rings. The third kappa shape index (κ3) is 6.73.